The second kappa shape index (κ2) is 5.15. The van der Waals surface area contributed by atoms with Gasteiger partial charge in [0, 0.05) is 25.0 Å². The lowest BCUT2D eigenvalue weighted by molar-refractivity contribution is 0.0509. The monoisotopic (exact) mass is 237 g/mol. The number of hydrogen-bond donors (Lipinski definition) is 1. The fourth-order valence-electron chi connectivity index (χ4n) is 2.76. The first-order chi connectivity index (χ1) is 8.15. The molecule has 2 nitrogen and oxygen atoms in total. The molecule has 1 N–H and O–H groups in total. The highest BCUT2D eigenvalue weighted by molar-refractivity contribution is 5.24. The van der Waals surface area contributed by atoms with Crippen LogP contribution in [0.3, 0.4) is 0 Å². The van der Waals surface area contributed by atoms with Gasteiger partial charge in [0.05, 0.1) is 6.61 Å². The van der Waals surface area contributed by atoms with E-state index >= 15 is 0 Å². The van der Waals surface area contributed by atoms with Gasteiger partial charge in [0.15, 0.2) is 0 Å². The number of hydrogen-bond acceptors (Lipinski definition) is 2. The van der Waals surface area contributed by atoms with Gasteiger partial charge in [-0.2, -0.15) is 0 Å². The third-order valence-electron chi connectivity index (χ3n) is 3.81. The van der Waals surface area contributed by atoms with Crippen LogP contribution in [0.5, 0.6) is 0 Å². The van der Waals surface area contributed by atoms with Gasteiger partial charge >= 0.3 is 0 Å². The van der Waals surface area contributed by atoms with Crippen LogP contribution in [0, 0.1) is 11.2 Å². The average Bonchev–Trinajstić information content (AvgIpc) is 2.31. The summed E-state index contributed by atoms with van der Waals surface area (Å²) in [7, 11) is 1.75. The Morgan fingerprint density at radius 2 is 2.12 bits per heavy atom. The van der Waals surface area contributed by atoms with Gasteiger partial charge < -0.3 is 10.1 Å². The van der Waals surface area contributed by atoms with E-state index in [1.54, 1.807) is 7.11 Å². The molecule has 1 heterocycles. The van der Waals surface area contributed by atoms with Crippen LogP contribution in [0.25, 0.3) is 0 Å². The fraction of sp³-hybridized carbons (Fsp3) is 0.571. The molecule has 1 aromatic carbocycles. The molecule has 1 aliphatic heterocycles. The zero-order chi connectivity index (χ0) is 12.3. The summed E-state index contributed by atoms with van der Waals surface area (Å²) in [4.78, 5) is 0. The molecule has 0 radical (unpaired) electrons. The van der Waals surface area contributed by atoms with Crippen LogP contribution in [0.15, 0.2) is 24.3 Å². The SMILES string of the molecule is COCC1(C)CCNCC1c1ccc(F)cc1. The van der Waals surface area contributed by atoms with Crippen molar-refractivity contribution in [3.8, 4) is 0 Å². The van der Waals surface area contributed by atoms with E-state index in [1.807, 2.05) is 12.1 Å². The third-order valence-corrected chi connectivity index (χ3v) is 3.81. The lowest BCUT2D eigenvalue weighted by Crippen LogP contribution is -2.44. The molecular weight excluding hydrogens is 217 g/mol. The number of nitrogens with one attached hydrogen (secondary N) is 1. The zero-order valence-electron chi connectivity index (χ0n) is 10.5. The van der Waals surface area contributed by atoms with E-state index in [4.69, 9.17) is 4.74 Å². The summed E-state index contributed by atoms with van der Waals surface area (Å²) >= 11 is 0. The van der Waals surface area contributed by atoms with Gasteiger partial charge in [-0.1, -0.05) is 19.1 Å². The Labute approximate surface area is 102 Å². The van der Waals surface area contributed by atoms with E-state index < -0.39 is 0 Å². The quantitative estimate of drug-likeness (QED) is 0.872. The minimum Gasteiger partial charge on any atom is -0.384 e. The van der Waals surface area contributed by atoms with Crippen molar-refractivity contribution in [1.82, 2.24) is 5.32 Å². The number of benzene rings is 1. The Balaban J connectivity index is 2.24. The average molecular weight is 237 g/mol. The maximum Gasteiger partial charge on any atom is 0.123 e. The van der Waals surface area contributed by atoms with E-state index in [2.05, 4.69) is 12.2 Å². The van der Waals surface area contributed by atoms with Crippen LogP contribution in [-0.2, 0) is 4.74 Å². The number of piperidine rings is 1. The molecule has 1 aromatic rings. The molecule has 0 spiro atoms. The predicted molar refractivity (Wildman–Crippen MR) is 66.6 cm³/mol. The molecule has 2 rings (SSSR count). The summed E-state index contributed by atoms with van der Waals surface area (Å²) in [5.41, 5.74) is 1.33. The summed E-state index contributed by atoms with van der Waals surface area (Å²) in [6.45, 7) is 4.96. The maximum absolute atomic E-state index is 13.0. The van der Waals surface area contributed by atoms with Crippen molar-refractivity contribution in [3.05, 3.63) is 35.6 Å². The Hall–Kier alpha value is -0.930. The topological polar surface area (TPSA) is 21.3 Å². The Bertz CT molecular complexity index is 361. The second-order valence-electron chi connectivity index (χ2n) is 5.15. The summed E-state index contributed by atoms with van der Waals surface area (Å²) in [5.74, 6) is 0.211. The molecular formula is C14H20FNO. The molecule has 1 saturated heterocycles. The first kappa shape index (κ1) is 12.5. The van der Waals surface area contributed by atoms with Gasteiger partial charge in [0.2, 0.25) is 0 Å². The predicted octanol–water partition coefficient (Wildman–Crippen LogP) is 2.56. The summed E-state index contributed by atoms with van der Waals surface area (Å²) < 4.78 is 18.3. The van der Waals surface area contributed by atoms with Crippen LogP contribution in [-0.4, -0.2) is 26.8 Å². The van der Waals surface area contributed by atoms with E-state index in [1.165, 1.54) is 17.7 Å². The van der Waals surface area contributed by atoms with E-state index in [-0.39, 0.29) is 11.2 Å². The number of halogens is 1. The van der Waals surface area contributed by atoms with Crippen molar-refractivity contribution in [2.75, 3.05) is 26.8 Å². The van der Waals surface area contributed by atoms with E-state index in [0.29, 0.717) is 5.92 Å². The van der Waals surface area contributed by atoms with Crippen LogP contribution < -0.4 is 5.32 Å². The van der Waals surface area contributed by atoms with Crippen molar-refractivity contribution in [2.45, 2.75) is 19.3 Å². The van der Waals surface area contributed by atoms with Gasteiger partial charge in [-0.15, -0.1) is 0 Å². The molecule has 1 aliphatic rings. The van der Waals surface area contributed by atoms with Crippen LogP contribution in [0.1, 0.15) is 24.8 Å². The van der Waals surface area contributed by atoms with Gasteiger partial charge in [-0.25, -0.2) is 4.39 Å². The van der Waals surface area contributed by atoms with Crippen LogP contribution >= 0.6 is 0 Å². The largest absolute Gasteiger partial charge is 0.384 e. The van der Waals surface area contributed by atoms with Crippen LogP contribution in [0.2, 0.25) is 0 Å². The highest BCUT2D eigenvalue weighted by Crippen LogP contribution is 2.40. The first-order valence-corrected chi connectivity index (χ1v) is 6.11. The van der Waals surface area contributed by atoms with Crippen molar-refractivity contribution in [2.24, 2.45) is 5.41 Å². The molecule has 0 amide bonds. The Kier molecular flexibility index (Phi) is 3.79. The molecule has 0 saturated carbocycles. The van der Waals surface area contributed by atoms with Crippen molar-refractivity contribution in [3.63, 3.8) is 0 Å². The molecule has 0 aromatic heterocycles. The molecule has 1 fully saturated rings. The number of methoxy groups -OCH3 is 1. The molecule has 0 bridgehead atoms. The summed E-state index contributed by atoms with van der Waals surface area (Å²) in [6, 6.07) is 6.86. The minimum atomic E-state index is -0.175. The minimum absolute atomic E-state index is 0.137. The number of ether oxygens (including phenoxy) is 1. The van der Waals surface area contributed by atoms with E-state index in [0.717, 1.165) is 26.1 Å². The lowest BCUT2D eigenvalue weighted by atomic mass is 9.70. The highest BCUT2D eigenvalue weighted by atomic mass is 19.1. The summed E-state index contributed by atoms with van der Waals surface area (Å²) in [6.07, 6.45) is 1.09. The number of rotatable bonds is 3. The molecule has 2 unspecified atom stereocenters. The van der Waals surface area contributed by atoms with E-state index in [9.17, 15) is 4.39 Å². The lowest BCUT2D eigenvalue weighted by Gasteiger charge is -2.41. The standard InChI is InChI=1S/C14H20FNO/c1-14(10-17-2)7-8-16-9-13(14)11-3-5-12(15)6-4-11/h3-6,13,16H,7-10H2,1-2H3. The molecule has 94 valence electrons. The van der Waals surface area contributed by atoms with Gasteiger partial charge in [0.1, 0.15) is 5.82 Å². The molecule has 0 aliphatic carbocycles. The molecule has 2 atom stereocenters. The zero-order valence-corrected chi connectivity index (χ0v) is 10.5. The normalized spacial score (nSPS) is 29.2. The Morgan fingerprint density at radius 3 is 2.76 bits per heavy atom. The van der Waals surface area contributed by atoms with Gasteiger partial charge in [0.25, 0.3) is 0 Å². The highest BCUT2D eigenvalue weighted by Gasteiger charge is 2.37. The van der Waals surface area contributed by atoms with Crippen molar-refractivity contribution >= 4 is 0 Å². The maximum atomic E-state index is 13.0. The van der Waals surface area contributed by atoms with Crippen molar-refractivity contribution < 1.29 is 9.13 Å². The molecule has 3 heteroatoms. The first-order valence-electron chi connectivity index (χ1n) is 6.11. The van der Waals surface area contributed by atoms with Gasteiger partial charge in [-0.05, 0) is 30.7 Å². The third kappa shape index (κ3) is 2.67. The van der Waals surface area contributed by atoms with Crippen molar-refractivity contribution in [1.29, 1.82) is 0 Å². The van der Waals surface area contributed by atoms with Crippen LogP contribution in [0.4, 0.5) is 4.39 Å². The van der Waals surface area contributed by atoms with Gasteiger partial charge in [-0.3, -0.25) is 0 Å². The molecule has 17 heavy (non-hydrogen) atoms. The Morgan fingerprint density at radius 1 is 1.41 bits per heavy atom. The smallest absolute Gasteiger partial charge is 0.123 e. The second-order valence-corrected chi connectivity index (χ2v) is 5.15. The fourth-order valence-corrected chi connectivity index (χ4v) is 2.76. The summed E-state index contributed by atoms with van der Waals surface area (Å²) in [5, 5.41) is 3.41.